The van der Waals surface area contributed by atoms with Gasteiger partial charge in [0.2, 0.25) is 0 Å². The molecule has 0 fully saturated rings. The number of hydrogen-bond acceptors (Lipinski definition) is 3. The van der Waals surface area contributed by atoms with Crippen LogP contribution in [0.15, 0.2) is 0 Å². The Morgan fingerprint density at radius 2 is 2.18 bits per heavy atom. The van der Waals surface area contributed by atoms with Crippen LogP contribution in [0, 0.1) is 5.92 Å². The lowest BCUT2D eigenvalue weighted by atomic mass is 10.1. The Hall–Kier alpha value is 0.110. The Morgan fingerprint density at radius 1 is 1.64 bits per heavy atom. The highest BCUT2D eigenvalue weighted by molar-refractivity contribution is 7.47. The van der Waals surface area contributed by atoms with Crippen LogP contribution in [0.3, 0.4) is 0 Å². The monoisotopic (exact) mass is 182 g/mol. The normalized spacial score (nSPS) is 19.3. The van der Waals surface area contributed by atoms with Crippen LogP contribution in [0.25, 0.3) is 0 Å². The van der Waals surface area contributed by atoms with E-state index in [0.29, 0.717) is 0 Å². The molecule has 0 radical (unpaired) electrons. The molecule has 0 aliphatic rings. The molecule has 0 aromatic heterocycles. The highest BCUT2D eigenvalue weighted by atomic mass is 31.2. The maximum absolute atomic E-state index is 10.7. The standard InChI is InChI=1S/C6H15O4P/c1-4-6(2)5-10-11(7,8)9-3/h6H,4-5H2,1-3H3,(H,7,8). The molecule has 5 heteroatoms. The zero-order valence-corrected chi connectivity index (χ0v) is 8.01. The quantitative estimate of drug-likeness (QED) is 0.658. The first-order valence-corrected chi connectivity index (χ1v) is 5.04. The van der Waals surface area contributed by atoms with Gasteiger partial charge in [0.25, 0.3) is 0 Å². The lowest BCUT2D eigenvalue weighted by Crippen LogP contribution is -2.03. The molecular formula is C6H15O4P. The summed E-state index contributed by atoms with van der Waals surface area (Å²) in [6.45, 7) is 4.19. The summed E-state index contributed by atoms with van der Waals surface area (Å²) in [5.41, 5.74) is 0. The zero-order chi connectivity index (χ0) is 8.91. The van der Waals surface area contributed by atoms with Crippen LogP contribution in [0.1, 0.15) is 20.3 Å². The van der Waals surface area contributed by atoms with E-state index in [-0.39, 0.29) is 12.5 Å². The van der Waals surface area contributed by atoms with Gasteiger partial charge in [-0.15, -0.1) is 0 Å². The van der Waals surface area contributed by atoms with Crippen molar-refractivity contribution in [3.8, 4) is 0 Å². The summed E-state index contributed by atoms with van der Waals surface area (Å²) in [6, 6.07) is 0. The molecule has 0 spiro atoms. The molecule has 0 aromatic carbocycles. The average Bonchev–Trinajstić information content (AvgIpc) is 2.00. The zero-order valence-electron chi connectivity index (χ0n) is 7.11. The van der Waals surface area contributed by atoms with Gasteiger partial charge < -0.3 is 4.89 Å². The van der Waals surface area contributed by atoms with Crippen molar-refractivity contribution in [3.63, 3.8) is 0 Å². The second-order valence-corrected chi connectivity index (χ2v) is 4.02. The van der Waals surface area contributed by atoms with Gasteiger partial charge >= 0.3 is 7.82 Å². The lowest BCUT2D eigenvalue weighted by Gasteiger charge is -2.12. The van der Waals surface area contributed by atoms with Crippen LogP contribution >= 0.6 is 7.82 Å². The van der Waals surface area contributed by atoms with Crippen molar-refractivity contribution < 1.29 is 18.5 Å². The minimum absolute atomic E-state index is 0.262. The minimum atomic E-state index is -3.74. The molecule has 0 aromatic rings. The van der Waals surface area contributed by atoms with Gasteiger partial charge in [-0.1, -0.05) is 20.3 Å². The Kier molecular flexibility index (Phi) is 4.93. The number of rotatable bonds is 5. The van der Waals surface area contributed by atoms with Gasteiger partial charge in [-0.3, -0.25) is 9.05 Å². The topological polar surface area (TPSA) is 55.8 Å². The predicted molar refractivity (Wildman–Crippen MR) is 42.2 cm³/mol. The van der Waals surface area contributed by atoms with Crippen LogP contribution in [-0.2, 0) is 13.6 Å². The molecule has 0 aliphatic heterocycles. The Morgan fingerprint density at radius 3 is 2.55 bits per heavy atom. The molecule has 0 saturated heterocycles. The molecule has 4 nitrogen and oxygen atoms in total. The molecular weight excluding hydrogens is 167 g/mol. The Labute approximate surface area is 67.1 Å². The largest absolute Gasteiger partial charge is 0.471 e. The highest BCUT2D eigenvalue weighted by Gasteiger charge is 2.18. The van der Waals surface area contributed by atoms with E-state index in [1.807, 2.05) is 13.8 Å². The van der Waals surface area contributed by atoms with Crippen molar-refractivity contribution in [2.75, 3.05) is 13.7 Å². The molecule has 0 aliphatic carbocycles. The van der Waals surface area contributed by atoms with Gasteiger partial charge in [-0.25, -0.2) is 4.57 Å². The van der Waals surface area contributed by atoms with Crippen LogP contribution in [0.5, 0.6) is 0 Å². The molecule has 0 rings (SSSR count). The maximum atomic E-state index is 10.7. The lowest BCUT2D eigenvalue weighted by molar-refractivity contribution is 0.152. The summed E-state index contributed by atoms with van der Waals surface area (Å²) < 4.78 is 19.6. The first-order chi connectivity index (χ1) is 5.02. The maximum Gasteiger partial charge on any atom is 0.471 e. The van der Waals surface area contributed by atoms with Gasteiger partial charge in [-0.2, -0.15) is 0 Å². The minimum Gasteiger partial charge on any atom is -0.303 e. The molecule has 2 unspecified atom stereocenters. The van der Waals surface area contributed by atoms with E-state index in [2.05, 4.69) is 9.05 Å². The predicted octanol–water partition coefficient (Wildman–Crippen LogP) is 1.80. The van der Waals surface area contributed by atoms with Crippen molar-refractivity contribution in [1.82, 2.24) is 0 Å². The van der Waals surface area contributed by atoms with Gasteiger partial charge in [0.15, 0.2) is 0 Å². The van der Waals surface area contributed by atoms with Crippen molar-refractivity contribution in [3.05, 3.63) is 0 Å². The van der Waals surface area contributed by atoms with Crippen LogP contribution in [-0.4, -0.2) is 18.6 Å². The fourth-order valence-corrected chi connectivity index (χ4v) is 0.940. The fraction of sp³-hybridized carbons (Fsp3) is 1.00. The molecule has 0 heterocycles. The van der Waals surface area contributed by atoms with Crippen molar-refractivity contribution in [2.24, 2.45) is 5.92 Å². The summed E-state index contributed by atoms with van der Waals surface area (Å²) in [7, 11) is -2.59. The summed E-state index contributed by atoms with van der Waals surface area (Å²) in [4.78, 5) is 8.78. The Bertz CT molecular complexity index is 148. The summed E-state index contributed by atoms with van der Waals surface area (Å²) in [6.07, 6.45) is 0.920. The van der Waals surface area contributed by atoms with Gasteiger partial charge in [0, 0.05) is 7.11 Å². The molecule has 1 N–H and O–H groups in total. The summed E-state index contributed by atoms with van der Waals surface area (Å²) in [5, 5.41) is 0. The highest BCUT2D eigenvalue weighted by Crippen LogP contribution is 2.42. The van der Waals surface area contributed by atoms with E-state index in [1.54, 1.807) is 0 Å². The van der Waals surface area contributed by atoms with E-state index in [1.165, 1.54) is 0 Å². The van der Waals surface area contributed by atoms with Crippen molar-refractivity contribution >= 4 is 7.82 Å². The molecule has 0 bridgehead atoms. The molecule has 0 saturated carbocycles. The first kappa shape index (κ1) is 11.1. The van der Waals surface area contributed by atoms with E-state index in [9.17, 15) is 4.57 Å². The van der Waals surface area contributed by atoms with Crippen molar-refractivity contribution in [1.29, 1.82) is 0 Å². The summed E-state index contributed by atoms with van der Waals surface area (Å²) in [5.74, 6) is 0.283. The smallest absolute Gasteiger partial charge is 0.303 e. The third-order valence-corrected chi connectivity index (χ3v) is 2.39. The molecule has 0 amide bonds. The van der Waals surface area contributed by atoms with Crippen LogP contribution < -0.4 is 0 Å². The SMILES string of the molecule is CCC(C)COP(=O)(O)OC. The second kappa shape index (κ2) is 4.88. The third-order valence-electron chi connectivity index (χ3n) is 1.45. The Balaban J connectivity index is 3.61. The van der Waals surface area contributed by atoms with E-state index < -0.39 is 7.82 Å². The van der Waals surface area contributed by atoms with Crippen LogP contribution in [0.2, 0.25) is 0 Å². The van der Waals surface area contributed by atoms with Gasteiger partial charge in [0.05, 0.1) is 6.61 Å². The van der Waals surface area contributed by atoms with Crippen molar-refractivity contribution in [2.45, 2.75) is 20.3 Å². The molecule has 11 heavy (non-hydrogen) atoms. The number of phosphoric acid groups is 1. The third kappa shape index (κ3) is 5.39. The fourth-order valence-electron chi connectivity index (χ4n) is 0.392. The van der Waals surface area contributed by atoms with Gasteiger partial charge in [0.1, 0.15) is 0 Å². The van der Waals surface area contributed by atoms with Gasteiger partial charge in [-0.05, 0) is 5.92 Å². The van der Waals surface area contributed by atoms with E-state index >= 15 is 0 Å². The number of hydrogen-bond donors (Lipinski definition) is 1. The first-order valence-electron chi connectivity index (χ1n) is 3.55. The average molecular weight is 182 g/mol. The second-order valence-electron chi connectivity index (χ2n) is 2.46. The molecule has 68 valence electrons. The van der Waals surface area contributed by atoms with Crippen LogP contribution in [0.4, 0.5) is 0 Å². The van der Waals surface area contributed by atoms with E-state index in [4.69, 9.17) is 4.89 Å². The number of phosphoric ester groups is 1. The molecule has 2 atom stereocenters. The van der Waals surface area contributed by atoms with E-state index in [0.717, 1.165) is 13.5 Å². The summed E-state index contributed by atoms with van der Waals surface area (Å²) >= 11 is 0.